The first-order valence-corrected chi connectivity index (χ1v) is 24.3. The molecule has 5 aromatic rings. The van der Waals surface area contributed by atoms with Crippen LogP contribution in [0.4, 0.5) is 14.5 Å². The Balaban J connectivity index is 0.747. The molecule has 0 bridgehead atoms. The van der Waals surface area contributed by atoms with Crippen molar-refractivity contribution in [1.29, 1.82) is 0 Å². The van der Waals surface area contributed by atoms with Gasteiger partial charge < -0.3 is 20.7 Å². The van der Waals surface area contributed by atoms with Crippen LogP contribution in [-0.4, -0.2) is 79.7 Å². The molecule has 368 valence electrons. The van der Waals surface area contributed by atoms with Crippen molar-refractivity contribution >= 4 is 56.9 Å². The number of nitrogens with one attached hydrogen (secondary N) is 4. The molecule has 5 amide bonds. The van der Waals surface area contributed by atoms with Crippen LogP contribution in [-0.2, 0) is 34.0 Å². The van der Waals surface area contributed by atoms with E-state index in [1.807, 2.05) is 31.3 Å². The highest BCUT2D eigenvalue weighted by Crippen LogP contribution is 2.38. The minimum Gasteiger partial charge on any atom is -0.487 e. The number of nitrogens with zero attached hydrogens (tertiary/aromatic N) is 5. The lowest BCUT2D eigenvalue weighted by Gasteiger charge is -2.30. The summed E-state index contributed by atoms with van der Waals surface area (Å²) in [5.41, 5.74) is 5.04. The minimum atomic E-state index is -0.768. The van der Waals surface area contributed by atoms with Crippen molar-refractivity contribution in [3.8, 4) is 11.4 Å². The first-order valence-electron chi connectivity index (χ1n) is 23.5. The second kappa shape index (κ2) is 23.5. The van der Waals surface area contributed by atoms with E-state index >= 15 is 0 Å². The zero-order valence-corrected chi connectivity index (χ0v) is 40.8. The number of benzene rings is 3. The van der Waals surface area contributed by atoms with Crippen LogP contribution in [0.5, 0.6) is 5.75 Å². The highest BCUT2D eigenvalue weighted by atomic mass is 79.9. The van der Waals surface area contributed by atoms with Crippen molar-refractivity contribution in [3.05, 3.63) is 139 Å². The second-order valence-electron chi connectivity index (χ2n) is 17.4. The largest absolute Gasteiger partial charge is 0.487 e. The Hall–Kier alpha value is -7.02. The molecular weight excluding hydrogens is 969 g/mol. The average Bonchev–Trinajstić information content (AvgIpc) is 3.89. The standard InChI is InChI=1S/C51H56BrF2N9O7/c1-31-16-17-34(27-42(31)62-32(2)26-43(47(52)51(62)69)70-30-35-18-19-36(53)28-39(35)54)48(66)57-24-9-6-12-37-29-61(60-59-37)25-11-15-44(64)56-23-8-5-4-7-22-55-40-14-10-13-38-33(3)63(50(68)46(38)40)41-20-21-45(65)58-49(41)67/h10,13-14,16-19,26-29,41,55H,3-9,11-12,15,20-25,30H2,1-2H3,(H,56,64)(H,57,66)(H,58,65,67). The van der Waals surface area contributed by atoms with Crippen LogP contribution in [0, 0.1) is 25.5 Å². The van der Waals surface area contributed by atoms with Gasteiger partial charge in [-0.3, -0.25) is 48.2 Å². The van der Waals surface area contributed by atoms with Crippen LogP contribution in [0.15, 0.2) is 82.7 Å². The number of carbonyl (C=O) groups excluding carboxylic acids is 5. The number of carbonyl (C=O) groups is 5. The highest BCUT2D eigenvalue weighted by molar-refractivity contribution is 9.10. The second-order valence-corrected chi connectivity index (χ2v) is 18.2. The van der Waals surface area contributed by atoms with E-state index in [2.05, 4.69) is 54.1 Å². The normalized spacial score (nSPS) is 14.4. The van der Waals surface area contributed by atoms with Gasteiger partial charge in [-0.1, -0.05) is 42.8 Å². The van der Waals surface area contributed by atoms with E-state index in [0.29, 0.717) is 91.3 Å². The lowest BCUT2D eigenvalue weighted by Crippen LogP contribution is -2.52. The predicted molar refractivity (Wildman–Crippen MR) is 262 cm³/mol. The molecule has 0 spiro atoms. The van der Waals surface area contributed by atoms with Crippen LogP contribution in [0.2, 0.25) is 0 Å². The molecule has 2 aliphatic rings. The molecule has 16 nitrogen and oxygen atoms in total. The van der Waals surface area contributed by atoms with Gasteiger partial charge in [0.1, 0.15) is 34.5 Å². The van der Waals surface area contributed by atoms with Gasteiger partial charge in [0.15, 0.2) is 0 Å². The van der Waals surface area contributed by atoms with E-state index in [1.54, 1.807) is 35.9 Å². The molecule has 70 heavy (non-hydrogen) atoms. The van der Waals surface area contributed by atoms with Crippen LogP contribution < -0.4 is 31.6 Å². The number of halogens is 3. The Kier molecular flexibility index (Phi) is 17.1. The lowest BCUT2D eigenvalue weighted by molar-refractivity contribution is -0.136. The number of imide groups is 1. The third kappa shape index (κ3) is 12.4. The number of aryl methyl sites for hydroxylation is 4. The molecule has 4 heterocycles. The smallest absolute Gasteiger partial charge is 0.273 e. The number of anilines is 1. The number of rotatable bonds is 23. The van der Waals surface area contributed by atoms with E-state index < -0.39 is 29.1 Å². The number of aromatic nitrogens is 4. The maximum Gasteiger partial charge on any atom is 0.273 e. The number of fused-ring (bicyclic) bond motifs is 1. The van der Waals surface area contributed by atoms with E-state index in [0.717, 1.165) is 55.5 Å². The monoisotopic (exact) mass is 1020 g/mol. The van der Waals surface area contributed by atoms with Gasteiger partial charge in [-0.05, 0) is 111 Å². The molecule has 4 N–H and O–H groups in total. The van der Waals surface area contributed by atoms with Crippen LogP contribution in [0.25, 0.3) is 11.4 Å². The van der Waals surface area contributed by atoms with E-state index in [1.165, 1.54) is 15.5 Å². The molecule has 1 atom stereocenters. The maximum atomic E-state index is 14.2. The van der Waals surface area contributed by atoms with Gasteiger partial charge in [0, 0.05) is 91.1 Å². The third-order valence-electron chi connectivity index (χ3n) is 12.3. The van der Waals surface area contributed by atoms with Crippen molar-refractivity contribution < 1.29 is 37.5 Å². The number of piperidine rings is 1. The van der Waals surface area contributed by atoms with Crippen molar-refractivity contribution in [2.75, 3.05) is 25.0 Å². The number of unbranched alkanes of at least 4 members (excludes halogenated alkanes) is 4. The summed E-state index contributed by atoms with van der Waals surface area (Å²) in [6.07, 6.45) is 9.00. The number of ether oxygens (including phenoxy) is 1. The van der Waals surface area contributed by atoms with Gasteiger partial charge in [-0.2, -0.15) is 0 Å². The molecule has 7 rings (SSSR count). The SMILES string of the molecule is C=C1c2cccc(NCCCCCCNC(=O)CCCn3cc(CCCCNC(=O)c4ccc(C)c(-n5c(C)cc(OCc6ccc(F)cc6F)c(Br)c5=O)c4)nn3)c2C(=O)N1C1CCC(=O)NC1=O. The van der Waals surface area contributed by atoms with Gasteiger partial charge in [0.05, 0.1) is 16.9 Å². The summed E-state index contributed by atoms with van der Waals surface area (Å²) in [5, 5.41) is 20.1. The average molecular weight is 1020 g/mol. The fourth-order valence-electron chi connectivity index (χ4n) is 8.51. The number of hydrogen-bond acceptors (Lipinski definition) is 10. The summed E-state index contributed by atoms with van der Waals surface area (Å²) >= 11 is 3.32. The Bertz CT molecular complexity index is 2870. The molecule has 19 heteroatoms. The first kappa shape index (κ1) is 50.8. The molecule has 3 aromatic carbocycles. The summed E-state index contributed by atoms with van der Waals surface area (Å²) in [5.74, 6) is -2.67. The highest BCUT2D eigenvalue weighted by Gasteiger charge is 2.42. The van der Waals surface area contributed by atoms with Gasteiger partial charge >= 0.3 is 0 Å². The van der Waals surface area contributed by atoms with Gasteiger partial charge in [-0.15, -0.1) is 5.10 Å². The topological polar surface area (TPSA) is 199 Å². The Morgan fingerprint density at radius 2 is 1.69 bits per heavy atom. The summed E-state index contributed by atoms with van der Waals surface area (Å²) in [6.45, 7) is 9.65. The Labute approximate surface area is 412 Å². The third-order valence-corrected chi connectivity index (χ3v) is 13.0. The molecule has 1 saturated heterocycles. The molecular formula is C51H56BrF2N9O7. The quantitative estimate of drug-likeness (QED) is 0.0383. The Morgan fingerprint density at radius 1 is 0.914 bits per heavy atom. The zero-order chi connectivity index (χ0) is 49.9. The summed E-state index contributed by atoms with van der Waals surface area (Å²) in [6, 6.07) is 14.7. The first-order chi connectivity index (χ1) is 33.7. The summed E-state index contributed by atoms with van der Waals surface area (Å²) in [4.78, 5) is 78.2. The van der Waals surface area contributed by atoms with Crippen molar-refractivity contribution in [2.45, 2.75) is 104 Å². The molecule has 1 fully saturated rings. The summed E-state index contributed by atoms with van der Waals surface area (Å²) in [7, 11) is 0. The fourth-order valence-corrected chi connectivity index (χ4v) is 8.92. The van der Waals surface area contributed by atoms with Gasteiger partial charge in [-0.25, -0.2) is 8.78 Å². The molecule has 0 radical (unpaired) electrons. The number of pyridine rings is 1. The van der Waals surface area contributed by atoms with Crippen molar-refractivity contribution in [3.63, 3.8) is 0 Å². The molecule has 1 unspecified atom stereocenters. The van der Waals surface area contributed by atoms with Crippen molar-refractivity contribution in [1.82, 2.24) is 40.4 Å². The molecule has 0 saturated carbocycles. The molecule has 2 aromatic heterocycles. The van der Waals surface area contributed by atoms with Gasteiger partial charge in [0.2, 0.25) is 17.7 Å². The van der Waals surface area contributed by atoms with E-state index in [9.17, 15) is 37.5 Å². The Morgan fingerprint density at radius 3 is 2.47 bits per heavy atom. The zero-order valence-electron chi connectivity index (χ0n) is 39.2. The fraction of sp³-hybridized carbons (Fsp3) is 0.373. The van der Waals surface area contributed by atoms with Crippen molar-refractivity contribution in [2.24, 2.45) is 0 Å². The van der Waals surface area contributed by atoms with E-state index in [-0.39, 0.29) is 58.9 Å². The predicted octanol–water partition coefficient (Wildman–Crippen LogP) is 7.22. The van der Waals surface area contributed by atoms with Crippen LogP contribution in [0.1, 0.15) is 113 Å². The number of amides is 5. The molecule has 0 aliphatic carbocycles. The summed E-state index contributed by atoms with van der Waals surface area (Å²) < 4.78 is 36.6. The molecule has 2 aliphatic heterocycles. The maximum absolute atomic E-state index is 14.2. The number of hydrogen-bond donors (Lipinski definition) is 4. The van der Waals surface area contributed by atoms with E-state index in [4.69, 9.17) is 4.74 Å². The van der Waals surface area contributed by atoms with Crippen LogP contribution >= 0.6 is 15.9 Å². The van der Waals surface area contributed by atoms with Crippen LogP contribution in [0.3, 0.4) is 0 Å². The van der Waals surface area contributed by atoms with Gasteiger partial charge in [0.25, 0.3) is 17.4 Å². The minimum absolute atomic E-state index is 0.0155. The lowest BCUT2D eigenvalue weighted by atomic mass is 10.0.